The average Bonchev–Trinajstić information content (AvgIpc) is 2.84. The van der Waals surface area contributed by atoms with Crippen LogP contribution >= 0.6 is 0 Å². The van der Waals surface area contributed by atoms with Crippen LogP contribution in [0.5, 0.6) is 5.88 Å². The van der Waals surface area contributed by atoms with Gasteiger partial charge in [-0.3, -0.25) is 4.79 Å². The Bertz CT molecular complexity index is 1190. The standard InChI is InChI=1S/C24H21F5N4O2/c1-14-4-2-11-33(18(14)13-35-19-8-5-15(12-32-19)24(27,28)29)23(34)20-16(6-7-17(25)21(20)26)22-30-9-3-10-31-22/h3,5-10,12,14,18H,2,4,11,13H2,1H3. The lowest BCUT2D eigenvalue weighted by molar-refractivity contribution is -0.137. The van der Waals surface area contributed by atoms with Gasteiger partial charge in [0.2, 0.25) is 5.88 Å². The summed E-state index contributed by atoms with van der Waals surface area (Å²) in [7, 11) is 0. The number of carbonyl (C=O) groups excluding carboxylic acids is 1. The van der Waals surface area contributed by atoms with Gasteiger partial charge in [0, 0.05) is 36.8 Å². The third-order valence-electron chi connectivity index (χ3n) is 5.96. The molecule has 0 radical (unpaired) electrons. The number of amides is 1. The number of ether oxygens (including phenoxy) is 1. The third kappa shape index (κ3) is 5.23. The third-order valence-corrected chi connectivity index (χ3v) is 5.96. The van der Waals surface area contributed by atoms with Gasteiger partial charge in [-0.25, -0.2) is 23.7 Å². The van der Waals surface area contributed by atoms with Crippen LogP contribution in [0.2, 0.25) is 0 Å². The van der Waals surface area contributed by atoms with E-state index in [1.165, 1.54) is 23.4 Å². The number of pyridine rings is 1. The number of nitrogens with zero attached hydrogens (tertiary/aromatic N) is 4. The SMILES string of the molecule is CC1CCCN(C(=O)c2c(-c3ncccn3)ccc(F)c2F)C1COc1ccc(C(F)(F)F)cn1. The molecule has 2 unspecified atom stereocenters. The molecule has 1 aromatic carbocycles. The molecule has 0 bridgehead atoms. The number of aromatic nitrogens is 3. The van der Waals surface area contributed by atoms with E-state index in [9.17, 15) is 26.7 Å². The van der Waals surface area contributed by atoms with E-state index in [4.69, 9.17) is 4.74 Å². The highest BCUT2D eigenvalue weighted by Gasteiger charge is 2.36. The zero-order chi connectivity index (χ0) is 25.2. The summed E-state index contributed by atoms with van der Waals surface area (Å²) in [5, 5.41) is 0. The van der Waals surface area contributed by atoms with Gasteiger partial charge < -0.3 is 9.64 Å². The van der Waals surface area contributed by atoms with Crippen LogP contribution in [0.1, 0.15) is 35.7 Å². The van der Waals surface area contributed by atoms with Gasteiger partial charge in [0.1, 0.15) is 6.61 Å². The van der Waals surface area contributed by atoms with E-state index in [-0.39, 0.29) is 36.3 Å². The maximum absolute atomic E-state index is 15.0. The number of benzene rings is 1. The minimum absolute atomic E-state index is 0.0431. The van der Waals surface area contributed by atoms with E-state index >= 15 is 0 Å². The lowest BCUT2D eigenvalue weighted by Crippen LogP contribution is -2.51. The van der Waals surface area contributed by atoms with Gasteiger partial charge in [-0.15, -0.1) is 0 Å². The monoisotopic (exact) mass is 492 g/mol. The first-order valence-corrected chi connectivity index (χ1v) is 10.9. The molecule has 0 aliphatic carbocycles. The van der Waals surface area contributed by atoms with Crippen molar-refractivity contribution in [2.45, 2.75) is 32.0 Å². The van der Waals surface area contributed by atoms with E-state index < -0.39 is 40.9 Å². The lowest BCUT2D eigenvalue weighted by Gasteiger charge is -2.40. The van der Waals surface area contributed by atoms with Gasteiger partial charge in [0.25, 0.3) is 5.91 Å². The van der Waals surface area contributed by atoms with Gasteiger partial charge in [-0.05, 0) is 43.0 Å². The molecule has 2 atom stereocenters. The maximum Gasteiger partial charge on any atom is 0.417 e. The molecule has 3 aromatic rings. The zero-order valence-electron chi connectivity index (χ0n) is 18.6. The van der Waals surface area contributed by atoms with E-state index in [1.54, 1.807) is 6.07 Å². The van der Waals surface area contributed by atoms with Crippen LogP contribution in [0.15, 0.2) is 48.9 Å². The highest BCUT2D eigenvalue weighted by Crippen LogP contribution is 2.32. The summed E-state index contributed by atoms with van der Waals surface area (Å²) in [4.78, 5) is 26.8. The number of hydrogen-bond acceptors (Lipinski definition) is 5. The molecule has 0 spiro atoms. The fourth-order valence-electron chi connectivity index (χ4n) is 4.09. The smallest absolute Gasteiger partial charge is 0.417 e. The zero-order valence-corrected chi connectivity index (χ0v) is 18.6. The molecule has 0 saturated carbocycles. The molecule has 11 heteroatoms. The number of halogens is 5. The summed E-state index contributed by atoms with van der Waals surface area (Å²) in [5.74, 6) is -3.28. The first-order valence-electron chi connectivity index (χ1n) is 10.9. The molecular weight excluding hydrogens is 471 g/mol. The Balaban J connectivity index is 1.61. The molecule has 1 saturated heterocycles. The van der Waals surface area contributed by atoms with Crippen molar-refractivity contribution in [1.82, 2.24) is 19.9 Å². The lowest BCUT2D eigenvalue weighted by atomic mass is 9.90. The number of carbonyl (C=O) groups is 1. The fraction of sp³-hybridized carbons (Fsp3) is 0.333. The summed E-state index contributed by atoms with van der Waals surface area (Å²) in [5.41, 5.74) is -1.34. The second-order valence-corrected chi connectivity index (χ2v) is 8.24. The van der Waals surface area contributed by atoms with Crippen LogP contribution in [0.4, 0.5) is 22.0 Å². The predicted molar refractivity (Wildman–Crippen MR) is 115 cm³/mol. The molecule has 6 nitrogen and oxygen atoms in total. The highest BCUT2D eigenvalue weighted by molar-refractivity contribution is 6.00. The van der Waals surface area contributed by atoms with E-state index in [0.717, 1.165) is 24.6 Å². The summed E-state index contributed by atoms with van der Waals surface area (Å²) >= 11 is 0. The van der Waals surface area contributed by atoms with Crippen molar-refractivity contribution in [1.29, 1.82) is 0 Å². The second-order valence-electron chi connectivity index (χ2n) is 8.24. The Morgan fingerprint density at radius 1 is 1.11 bits per heavy atom. The number of hydrogen-bond donors (Lipinski definition) is 0. The average molecular weight is 492 g/mol. The highest BCUT2D eigenvalue weighted by atomic mass is 19.4. The van der Waals surface area contributed by atoms with Crippen molar-refractivity contribution in [2.24, 2.45) is 5.92 Å². The van der Waals surface area contributed by atoms with E-state index in [2.05, 4.69) is 15.0 Å². The molecule has 1 aliphatic heterocycles. The van der Waals surface area contributed by atoms with Crippen molar-refractivity contribution in [3.63, 3.8) is 0 Å². The van der Waals surface area contributed by atoms with Crippen LogP contribution < -0.4 is 4.74 Å². The van der Waals surface area contributed by atoms with E-state index in [1.807, 2.05) is 6.92 Å². The Hall–Kier alpha value is -3.63. The number of rotatable bonds is 5. The molecule has 3 heterocycles. The van der Waals surface area contributed by atoms with Crippen LogP contribution in [0.3, 0.4) is 0 Å². The van der Waals surface area contributed by atoms with E-state index in [0.29, 0.717) is 12.6 Å². The summed E-state index contributed by atoms with van der Waals surface area (Å²) < 4.78 is 73.0. The predicted octanol–water partition coefficient (Wildman–Crippen LogP) is 5.16. The van der Waals surface area contributed by atoms with Gasteiger partial charge in [-0.2, -0.15) is 13.2 Å². The summed E-state index contributed by atoms with van der Waals surface area (Å²) in [6.07, 6.45) is 0.371. The van der Waals surface area contributed by atoms with Crippen molar-refractivity contribution >= 4 is 5.91 Å². The fourth-order valence-corrected chi connectivity index (χ4v) is 4.09. The minimum Gasteiger partial charge on any atom is -0.475 e. The molecular formula is C24H21F5N4O2. The number of piperidine rings is 1. The van der Waals surface area contributed by atoms with Crippen LogP contribution in [0.25, 0.3) is 11.4 Å². The Kier molecular flexibility index (Phi) is 6.95. The minimum atomic E-state index is -4.53. The second kappa shape index (κ2) is 9.93. The van der Waals surface area contributed by atoms with Gasteiger partial charge >= 0.3 is 6.18 Å². The topological polar surface area (TPSA) is 68.2 Å². The summed E-state index contributed by atoms with van der Waals surface area (Å²) in [6, 6.07) is 5.12. The largest absolute Gasteiger partial charge is 0.475 e. The molecule has 184 valence electrons. The maximum atomic E-state index is 15.0. The molecule has 35 heavy (non-hydrogen) atoms. The Morgan fingerprint density at radius 2 is 1.86 bits per heavy atom. The number of likely N-dealkylation sites (tertiary alicyclic amines) is 1. The van der Waals surface area contributed by atoms with Gasteiger partial charge in [-0.1, -0.05) is 6.92 Å². The normalized spacial score (nSPS) is 18.4. The van der Waals surface area contributed by atoms with Crippen molar-refractivity contribution < 1.29 is 31.5 Å². The van der Waals surface area contributed by atoms with Crippen LogP contribution in [0, 0.1) is 17.6 Å². The molecule has 1 aliphatic rings. The molecule has 0 N–H and O–H groups in total. The van der Waals surface area contributed by atoms with Crippen molar-refractivity contribution in [3.8, 4) is 17.3 Å². The molecule has 4 rings (SSSR count). The van der Waals surface area contributed by atoms with Crippen LogP contribution in [-0.2, 0) is 6.18 Å². The number of alkyl halides is 3. The van der Waals surface area contributed by atoms with Crippen LogP contribution in [-0.4, -0.2) is 45.0 Å². The molecule has 2 aromatic heterocycles. The van der Waals surface area contributed by atoms with Gasteiger partial charge in [0.15, 0.2) is 17.5 Å². The van der Waals surface area contributed by atoms with Gasteiger partial charge in [0.05, 0.1) is 17.2 Å². The van der Waals surface area contributed by atoms with Crippen molar-refractivity contribution in [3.05, 3.63) is 71.7 Å². The molecule has 1 fully saturated rings. The molecule has 1 amide bonds. The Morgan fingerprint density at radius 3 is 2.51 bits per heavy atom. The first kappa shape index (κ1) is 24.5. The quantitative estimate of drug-likeness (QED) is 0.461. The first-order chi connectivity index (χ1) is 16.7. The summed E-state index contributed by atoms with van der Waals surface area (Å²) in [6.45, 7) is 2.07. The van der Waals surface area contributed by atoms with Crippen molar-refractivity contribution in [2.75, 3.05) is 13.2 Å². The Labute approximate surface area is 197 Å².